The molecule has 1 amide bonds. The van der Waals surface area contributed by atoms with Crippen LogP contribution in [0.1, 0.15) is 34.9 Å². The van der Waals surface area contributed by atoms with Crippen LogP contribution in [0.4, 0.5) is 0 Å². The Morgan fingerprint density at radius 3 is 2.96 bits per heavy atom. The van der Waals surface area contributed by atoms with Gasteiger partial charge in [-0.3, -0.25) is 9.59 Å². The van der Waals surface area contributed by atoms with Crippen LogP contribution in [0.25, 0.3) is 0 Å². The number of nitrogens with one attached hydrogen (secondary N) is 1. The number of aromatic amines is 1. The molecule has 1 atom stereocenters. The Morgan fingerprint density at radius 1 is 1.40 bits per heavy atom. The van der Waals surface area contributed by atoms with Gasteiger partial charge in [0, 0.05) is 56.8 Å². The number of piperidine rings is 1. The third kappa shape index (κ3) is 4.17. The zero-order valence-electron chi connectivity index (χ0n) is 14.8. The molecular weight excluding hydrogens is 318 g/mol. The second-order valence-corrected chi connectivity index (χ2v) is 6.81. The van der Waals surface area contributed by atoms with Crippen molar-refractivity contribution in [3.63, 3.8) is 0 Å². The summed E-state index contributed by atoms with van der Waals surface area (Å²) >= 11 is 0. The van der Waals surface area contributed by atoms with Crippen LogP contribution in [-0.4, -0.2) is 64.0 Å². The molecule has 0 aromatic carbocycles. The van der Waals surface area contributed by atoms with E-state index in [2.05, 4.69) is 33.5 Å². The summed E-state index contributed by atoms with van der Waals surface area (Å²) in [5.41, 5.74) is 0.326. The predicted octanol–water partition coefficient (Wildman–Crippen LogP) is 1.15. The topological polar surface area (TPSA) is 74.2 Å². The molecule has 0 bridgehead atoms. The molecule has 0 saturated carbocycles. The molecule has 1 N–H and O–H groups in total. The van der Waals surface area contributed by atoms with Crippen LogP contribution in [0, 0.1) is 0 Å². The van der Waals surface area contributed by atoms with Crippen molar-refractivity contribution in [3.05, 3.63) is 52.5 Å². The van der Waals surface area contributed by atoms with Crippen molar-refractivity contribution in [2.45, 2.75) is 25.3 Å². The second kappa shape index (κ2) is 7.65. The number of pyridine rings is 1. The molecule has 134 valence electrons. The maximum atomic E-state index is 12.7. The highest BCUT2D eigenvalue weighted by Gasteiger charge is 2.28. The first-order valence-electron chi connectivity index (χ1n) is 8.68. The molecule has 1 aliphatic rings. The van der Waals surface area contributed by atoms with Crippen molar-refractivity contribution in [1.82, 2.24) is 24.3 Å². The van der Waals surface area contributed by atoms with Gasteiger partial charge >= 0.3 is 0 Å². The van der Waals surface area contributed by atoms with Gasteiger partial charge in [0.25, 0.3) is 5.91 Å². The van der Waals surface area contributed by atoms with E-state index in [1.165, 1.54) is 12.3 Å². The van der Waals surface area contributed by atoms with Gasteiger partial charge in [-0.05, 0) is 33.0 Å². The number of likely N-dealkylation sites (N-methyl/N-ethyl adjacent to an activating group) is 1. The maximum absolute atomic E-state index is 12.7. The van der Waals surface area contributed by atoms with Gasteiger partial charge in [-0.1, -0.05) is 0 Å². The van der Waals surface area contributed by atoms with Crippen LogP contribution in [0.15, 0.2) is 35.5 Å². The fourth-order valence-corrected chi connectivity index (χ4v) is 3.28. The number of aromatic nitrogens is 3. The van der Waals surface area contributed by atoms with Crippen molar-refractivity contribution < 1.29 is 4.79 Å². The molecule has 1 fully saturated rings. The van der Waals surface area contributed by atoms with E-state index in [1.54, 1.807) is 6.07 Å². The van der Waals surface area contributed by atoms with Gasteiger partial charge in [0.15, 0.2) is 0 Å². The Labute approximate surface area is 147 Å². The van der Waals surface area contributed by atoms with E-state index >= 15 is 0 Å². The van der Waals surface area contributed by atoms with Gasteiger partial charge in [-0.25, -0.2) is 4.98 Å². The molecular formula is C18H25N5O2. The highest BCUT2D eigenvalue weighted by atomic mass is 16.2. The van der Waals surface area contributed by atoms with Gasteiger partial charge in [0.1, 0.15) is 5.82 Å². The van der Waals surface area contributed by atoms with Crippen molar-refractivity contribution in [2.75, 3.05) is 33.7 Å². The van der Waals surface area contributed by atoms with E-state index in [0.29, 0.717) is 12.1 Å². The number of imidazole rings is 1. The number of nitrogens with zero attached hydrogens (tertiary/aromatic N) is 4. The number of amides is 1. The number of carbonyl (C=O) groups excluding carboxylic acids is 1. The SMILES string of the molecule is CN(C)CCn1ccnc1[C@H]1CCCN(C(=O)c2ccc(=O)[nH]c2)C1. The molecule has 7 heteroatoms. The molecule has 3 heterocycles. The minimum atomic E-state index is -0.198. The number of hydrogen-bond donors (Lipinski definition) is 1. The van der Waals surface area contributed by atoms with E-state index in [9.17, 15) is 9.59 Å². The third-order valence-corrected chi connectivity index (χ3v) is 4.64. The Hall–Kier alpha value is -2.41. The van der Waals surface area contributed by atoms with Gasteiger partial charge in [0.05, 0.1) is 5.56 Å². The molecule has 25 heavy (non-hydrogen) atoms. The molecule has 2 aromatic heterocycles. The zero-order chi connectivity index (χ0) is 17.8. The average Bonchev–Trinajstić information content (AvgIpc) is 3.09. The van der Waals surface area contributed by atoms with Crippen LogP contribution < -0.4 is 5.56 Å². The van der Waals surface area contributed by atoms with Crippen LogP contribution >= 0.6 is 0 Å². The van der Waals surface area contributed by atoms with Crippen LogP contribution in [-0.2, 0) is 6.54 Å². The summed E-state index contributed by atoms with van der Waals surface area (Å²) in [6, 6.07) is 2.98. The fraction of sp³-hybridized carbons (Fsp3) is 0.500. The van der Waals surface area contributed by atoms with Crippen LogP contribution in [0.5, 0.6) is 0 Å². The number of carbonyl (C=O) groups is 1. The van der Waals surface area contributed by atoms with E-state index < -0.39 is 0 Å². The number of H-pyrrole nitrogens is 1. The van der Waals surface area contributed by atoms with E-state index in [1.807, 2.05) is 17.3 Å². The van der Waals surface area contributed by atoms with Crippen molar-refractivity contribution in [1.29, 1.82) is 0 Å². The van der Waals surface area contributed by atoms with Gasteiger partial charge in [0.2, 0.25) is 5.56 Å². The number of rotatable bonds is 5. The largest absolute Gasteiger partial charge is 0.338 e. The normalized spacial score (nSPS) is 17.9. The monoisotopic (exact) mass is 343 g/mol. The molecule has 1 saturated heterocycles. The smallest absolute Gasteiger partial charge is 0.255 e. The van der Waals surface area contributed by atoms with Crippen molar-refractivity contribution >= 4 is 5.91 Å². The Kier molecular flexibility index (Phi) is 5.33. The molecule has 0 spiro atoms. The first-order valence-corrected chi connectivity index (χ1v) is 8.68. The summed E-state index contributed by atoms with van der Waals surface area (Å²) in [7, 11) is 4.11. The quantitative estimate of drug-likeness (QED) is 0.884. The zero-order valence-corrected chi connectivity index (χ0v) is 14.8. The molecule has 7 nitrogen and oxygen atoms in total. The van der Waals surface area contributed by atoms with E-state index in [4.69, 9.17) is 0 Å². The lowest BCUT2D eigenvalue weighted by atomic mass is 9.96. The third-order valence-electron chi connectivity index (χ3n) is 4.64. The first kappa shape index (κ1) is 17.4. The maximum Gasteiger partial charge on any atom is 0.255 e. The molecule has 0 unspecified atom stereocenters. The highest BCUT2D eigenvalue weighted by molar-refractivity contribution is 5.93. The lowest BCUT2D eigenvalue weighted by molar-refractivity contribution is 0.0702. The standard InChI is InChI=1S/C18H25N5O2/c1-21(2)10-11-22-9-7-19-17(22)15-4-3-8-23(13-15)18(25)14-5-6-16(24)20-12-14/h5-7,9,12,15H,3-4,8,10-11,13H2,1-2H3,(H,20,24)/t15-/m0/s1. The fourth-order valence-electron chi connectivity index (χ4n) is 3.28. The van der Waals surface area contributed by atoms with Crippen LogP contribution in [0.3, 0.4) is 0 Å². The van der Waals surface area contributed by atoms with Gasteiger partial charge < -0.3 is 19.4 Å². The minimum absolute atomic E-state index is 0.0349. The summed E-state index contributed by atoms with van der Waals surface area (Å²) < 4.78 is 2.19. The van der Waals surface area contributed by atoms with Gasteiger partial charge in [-0.2, -0.15) is 0 Å². The van der Waals surface area contributed by atoms with Crippen molar-refractivity contribution in [2.24, 2.45) is 0 Å². The molecule has 0 radical (unpaired) electrons. The molecule has 3 rings (SSSR count). The summed E-state index contributed by atoms with van der Waals surface area (Å²) in [6.45, 7) is 3.26. The van der Waals surface area contributed by atoms with Crippen molar-refractivity contribution in [3.8, 4) is 0 Å². The summed E-state index contributed by atoms with van der Waals surface area (Å²) in [5.74, 6) is 1.27. The predicted molar refractivity (Wildman–Crippen MR) is 95.7 cm³/mol. The summed E-state index contributed by atoms with van der Waals surface area (Å²) in [5, 5.41) is 0. The Bertz CT molecular complexity index is 759. The number of hydrogen-bond acceptors (Lipinski definition) is 4. The van der Waals surface area contributed by atoms with Gasteiger partial charge in [-0.15, -0.1) is 0 Å². The molecule has 2 aromatic rings. The van der Waals surface area contributed by atoms with Crippen LogP contribution in [0.2, 0.25) is 0 Å². The highest BCUT2D eigenvalue weighted by Crippen LogP contribution is 2.26. The summed E-state index contributed by atoms with van der Waals surface area (Å²) in [4.78, 5) is 35.0. The second-order valence-electron chi connectivity index (χ2n) is 6.81. The first-order chi connectivity index (χ1) is 12.0. The van der Waals surface area contributed by atoms with E-state index in [-0.39, 0.29) is 17.4 Å². The molecule has 0 aliphatic carbocycles. The lowest BCUT2D eigenvalue weighted by Gasteiger charge is -2.32. The van der Waals surface area contributed by atoms with E-state index in [0.717, 1.165) is 38.3 Å². The Balaban J connectivity index is 1.71. The minimum Gasteiger partial charge on any atom is -0.338 e. The average molecular weight is 343 g/mol. The summed E-state index contributed by atoms with van der Waals surface area (Å²) in [6.07, 6.45) is 7.34. The Morgan fingerprint density at radius 2 is 2.24 bits per heavy atom. The molecule has 1 aliphatic heterocycles. The lowest BCUT2D eigenvalue weighted by Crippen LogP contribution is -2.40. The number of likely N-dealkylation sites (tertiary alicyclic amines) is 1.